The van der Waals surface area contributed by atoms with Gasteiger partial charge in [0, 0.05) is 36.8 Å². The van der Waals surface area contributed by atoms with Crippen LogP contribution in [-0.2, 0) is 0 Å². The van der Waals surface area contributed by atoms with Crippen molar-refractivity contribution in [2.24, 2.45) is 5.92 Å². The van der Waals surface area contributed by atoms with E-state index in [1.165, 1.54) is 24.8 Å². The fourth-order valence-corrected chi connectivity index (χ4v) is 2.88. The maximum atomic E-state index is 5.81. The monoisotopic (exact) mass is 256 g/mol. The molecule has 98 valence electrons. The lowest BCUT2D eigenvalue weighted by atomic mass is 9.92. The molecule has 0 aromatic carbocycles. The molecular formula is C14H25ClN2. The number of piperazine rings is 1. The van der Waals surface area contributed by atoms with Gasteiger partial charge in [-0.05, 0) is 44.6 Å². The molecule has 1 aliphatic heterocycles. The Kier molecular flexibility index (Phi) is 4.17. The Morgan fingerprint density at radius 1 is 1.53 bits per heavy atom. The lowest BCUT2D eigenvalue weighted by molar-refractivity contribution is 0.0815. The highest BCUT2D eigenvalue weighted by molar-refractivity contribution is 6.25. The van der Waals surface area contributed by atoms with E-state index in [-0.39, 0.29) is 5.54 Å². The fourth-order valence-electron chi connectivity index (χ4n) is 2.81. The molecule has 17 heavy (non-hydrogen) atoms. The van der Waals surface area contributed by atoms with Crippen molar-refractivity contribution in [3.05, 3.63) is 11.1 Å². The summed E-state index contributed by atoms with van der Waals surface area (Å²) in [6.07, 6.45) is 4.01. The smallest absolute Gasteiger partial charge is 0.0278 e. The maximum Gasteiger partial charge on any atom is 0.0278 e. The third-order valence-corrected chi connectivity index (χ3v) is 4.72. The summed E-state index contributed by atoms with van der Waals surface area (Å²) in [5.41, 5.74) is 3.28. The van der Waals surface area contributed by atoms with Crippen LogP contribution in [0.15, 0.2) is 11.1 Å². The average Bonchev–Trinajstić information content (AvgIpc) is 3.13. The molecule has 1 saturated heterocycles. The first-order valence-electron chi connectivity index (χ1n) is 6.83. The van der Waals surface area contributed by atoms with Crippen LogP contribution < -0.4 is 5.32 Å². The molecule has 2 rings (SSSR count). The van der Waals surface area contributed by atoms with Gasteiger partial charge in [0.25, 0.3) is 0 Å². The van der Waals surface area contributed by atoms with Gasteiger partial charge < -0.3 is 5.32 Å². The molecule has 0 aromatic heterocycles. The molecule has 0 spiro atoms. The number of hydrogen-bond acceptors (Lipinski definition) is 2. The summed E-state index contributed by atoms with van der Waals surface area (Å²) in [6.45, 7) is 10.1. The Morgan fingerprint density at radius 2 is 2.24 bits per heavy atom. The second-order valence-electron chi connectivity index (χ2n) is 6.06. The van der Waals surface area contributed by atoms with E-state index in [1.807, 2.05) is 0 Å². The standard InChI is InChI=1S/C14H25ClN2/c1-4-14(3)10-17(9-11(2)7-15)13(8-16-14)12-5-6-12/h7,12-13,16H,4-6,8-10H2,1-3H3. The van der Waals surface area contributed by atoms with Crippen LogP contribution in [0.1, 0.15) is 40.0 Å². The summed E-state index contributed by atoms with van der Waals surface area (Å²) in [5, 5.41) is 3.74. The van der Waals surface area contributed by atoms with Crippen LogP contribution in [0.4, 0.5) is 0 Å². The van der Waals surface area contributed by atoms with Crippen molar-refractivity contribution in [1.29, 1.82) is 0 Å². The summed E-state index contributed by atoms with van der Waals surface area (Å²) in [7, 11) is 0. The third-order valence-electron chi connectivity index (χ3n) is 4.34. The van der Waals surface area contributed by atoms with E-state index >= 15 is 0 Å². The summed E-state index contributed by atoms with van der Waals surface area (Å²) >= 11 is 5.81. The maximum absolute atomic E-state index is 5.81. The zero-order chi connectivity index (χ0) is 12.5. The normalized spacial score (nSPS) is 36.2. The van der Waals surface area contributed by atoms with Crippen LogP contribution in [0, 0.1) is 5.92 Å². The largest absolute Gasteiger partial charge is 0.309 e. The van der Waals surface area contributed by atoms with Crippen molar-refractivity contribution in [2.75, 3.05) is 19.6 Å². The van der Waals surface area contributed by atoms with E-state index in [0.717, 1.165) is 31.6 Å². The Balaban J connectivity index is 2.04. The molecule has 2 fully saturated rings. The molecule has 1 N–H and O–H groups in total. The molecule has 1 aliphatic carbocycles. The third kappa shape index (κ3) is 3.24. The van der Waals surface area contributed by atoms with E-state index in [9.17, 15) is 0 Å². The minimum atomic E-state index is 0.276. The van der Waals surface area contributed by atoms with Gasteiger partial charge in [-0.1, -0.05) is 18.5 Å². The number of nitrogens with zero attached hydrogens (tertiary/aromatic N) is 1. The highest BCUT2D eigenvalue weighted by Crippen LogP contribution is 2.37. The van der Waals surface area contributed by atoms with Gasteiger partial charge in [-0.3, -0.25) is 4.90 Å². The SMILES string of the molecule is CCC1(C)CN(CC(C)=CCl)C(C2CC2)CN1. The predicted molar refractivity (Wildman–Crippen MR) is 74.4 cm³/mol. The molecule has 0 aromatic rings. The summed E-state index contributed by atoms with van der Waals surface area (Å²) in [5.74, 6) is 0.923. The van der Waals surface area contributed by atoms with E-state index in [4.69, 9.17) is 11.6 Å². The lowest BCUT2D eigenvalue weighted by Crippen LogP contribution is -2.63. The summed E-state index contributed by atoms with van der Waals surface area (Å²) < 4.78 is 0. The molecule has 0 radical (unpaired) electrons. The minimum Gasteiger partial charge on any atom is -0.309 e. The van der Waals surface area contributed by atoms with Crippen LogP contribution in [0.2, 0.25) is 0 Å². The van der Waals surface area contributed by atoms with Crippen molar-refractivity contribution < 1.29 is 0 Å². The van der Waals surface area contributed by atoms with Gasteiger partial charge >= 0.3 is 0 Å². The number of rotatable bonds is 4. The van der Waals surface area contributed by atoms with Gasteiger partial charge in [0.1, 0.15) is 0 Å². The van der Waals surface area contributed by atoms with Crippen molar-refractivity contribution >= 4 is 11.6 Å². The first-order chi connectivity index (χ1) is 8.08. The van der Waals surface area contributed by atoms with Crippen LogP contribution >= 0.6 is 11.6 Å². The molecule has 2 unspecified atom stereocenters. The van der Waals surface area contributed by atoms with Gasteiger partial charge in [-0.2, -0.15) is 0 Å². The van der Waals surface area contributed by atoms with Crippen LogP contribution in [-0.4, -0.2) is 36.1 Å². The second-order valence-corrected chi connectivity index (χ2v) is 6.28. The second kappa shape index (κ2) is 5.29. The van der Waals surface area contributed by atoms with Crippen molar-refractivity contribution in [3.63, 3.8) is 0 Å². The quantitative estimate of drug-likeness (QED) is 0.832. The number of halogens is 1. The fraction of sp³-hybridized carbons (Fsp3) is 0.857. The first kappa shape index (κ1) is 13.4. The van der Waals surface area contributed by atoms with Crippen LogP contribution in [0.3, 0.4) is 0 Å². The van der Waals surface area contributed by atoms with E-state index in [1.54, 1.807) is 5.54 Å². The zero-order valence-corrected chi connectivity index (χ0v) is 12.1. The van der Waals surface area contributed by atoms with Gasteiger partial charge in [0.15, 0.2) is 0 Å². The average molecular weight is 257 g/mol. The van der Waals surface area contributed by atoms with Crippen LogP contribution in [0.5, 0.6) is 0 Å². The Morgan fingerprint density at radius 3 is 2.76 bits per heavy atom. The molecule has 0 bridgehead atoms. The van der Waals surface area contributed by atoms with Crippen molar-refractivity contribution in [3.8, 4) is 0 Å². The van der Waals surface area contributed by atoms with Crippen molar-refractivity contribution in [2.45, 2.75) is 51.6 Å². The van der Waals surface area contributed by atoms with Gasteiger partial charge in [0.05, 0.1) is 0 Å². The molecule has 2 atom stereocenters. The topological polar surface area (TPSA) is 15.3 Å². The molecule has 3 heteroatoms. The molecule has 0 amide bonds. The van der Waals surface area contributed by atoms with Crippen LogP contribution in [0.25, 0.3) is 0 Å². The first-order valence-corrected chi connectivity index (χ1v) is 7.26. The molecule has 1 heterocycles. The van der Waals surface area contributed by atoms with E-state index in [0.29, 0.717) is 0 Å². The molecular weight excluding hydrogens is 232 g/mol. The lowest BCUT2D eigenvalue weighted by Gasteiger charge is -2.46. The van der Waals surface area contributed by atoms with Gasteiger partial charge in [0.2, 0.25) is 0 Å². The van der Waals surface area contributed by atoms with Crippen molar-refractivity contribution in [1.82, 2.24) is 10.2 Å². The Labute approximate surface area is 110 Å². The Bertz CT molecular complexity index is 299. The molecule has 2 nitrogen and oxygen atoms in total. The highest BCUT2D eigenvalue weighted by Gasteiger charge is 2.41. The number of nitrogens with one attached hydrogen (secondary N) is 1. The van der Waals surface area contributed by atoms with E-state index in [2.05, 4.69) is 31.0 Å². The predicted octanol–water partition coefficient (Wildman–Crippen LogP) is 2.98. The molecule has 2 aliphatic rings. The zero-order valence-electron chi connectivity index (χ0n) is 11.3. The molecule has 1 saturated carbocycles. The summed E-state index contributed by atoms with van der Waals surface area (Å²) in [6, 6.07) is 0.723. The highest BCUT2D eigenvalue weighted by atomic mass is 35.5. The minimum absolute atomic E-state index is 0.276. The van der Waals surface area contributed by atoms with Gasteiger partial charge in [-0.15, -0.1) is 0 Å². The van der Waals surface area contributed by atoms with E-state index < -0.39 is 0 Å². The van der Waals surface area contributed by atoms with Gasteiger partial charge in [-0.25, -0.2) is 0 Å². The Hall–Kier alpha value is -0.0500. The number of hydrogen-bond donors (Lipinski definition) is 1. The summed E-state index contributed by atoms with van der Waals surface area (Å²) in [4.78, 5) is 2.64.